The number of halogens is 1. The van der Waals surface area contributed by atoms with Gasteiger partial charge in [0.1, 0.15) is 17.2 Å². The van der Waals surface area contributed by atoms with Crippen molar-refractivity contribution in [1.82, 2.24) is 10.5 Å². The monoisotopic (exact) mass is 410 g/mol. The van der Waals surface area contributed by atoms with Crippen LogP contribution in [-0.2, 0) is 6.54 Å². The lowest BCUT2D eigenvalue weighted by Crippen LogP contribution is -2.21. The van der Waals surface area contributed by atoms with Gasteiger partial charge >= 0.3 is 0 Å². The Morgan fingerprint density at radius 1 is 1.04 bits per heavy atom. The third-order valence-electron chi connectivity index (χ3n) is 3.91. The summed E-state index contributed by atoms with van der Waals surface area (Å²) in [5.41, 5.74) is 1.58. The SMILES string of the molecule is O=C(NCc1cc(-c2ccc(Oc3ccccc3)cc2)no1)c1ccc(Cl)s1. The van der Waals surface area contributed by atoms with E-state index in [1.807, 2.05) is 54.6 Å². The smallest absolute Gasteiger partial charge is 0.261 e. The normalized spacial score (nSPS) is 10.6. The minimum atomic E-state index is -0.197. The number of rotatable bonds is 6. The average Bonchev–Trinajstić information content (AvgIpc) is 3.37. The van der Waals surface area contributed by atoms with E-state index >= 15 is 0 Å². The summed E-state index contributed by atoms with van der Waals surface area (Å²) in [6.45, 7) is 0.247. The highest BCUT2D eigenvalue weighted by Crippen LogP contribution is 2.26. The maximum Gasteiger partial charge on any atom is 0.261 e. The van der Waals surface area contributed by atoms with Crippen LogP contribution in [0.4, 0.5) is 0 Å². The van der Waals surface area contributed by atoms with Crippen LogP contribution >= 0.6 is 22.9 Å². The van der Waals surface area contributed by atoms with Crippen LogP contribution in [0.1, 0.15) is 15.4 Å². The van der Waals surface area contributed by atoms with E-state index in [2.05, 4.69) is 10.5 Å². The first kappa shape index (κ1) is 18.3. The van der Waals surface area contributed by atoms with Crippen molar-refractivity contribution < 1.29 is 14.1 Å². The molecule has 0 aliphatic rings. The second-order valence-corrected chi connectivity index (χ2v) is 7.62. The zero-order valence-electron chi connectivity index (χ0n) is 14.6. The van der Waals surface area contributed by atoms with Gasteiger partial charge in [-0.25, -0.2) is 0 Å². The Labute approximate surface area is 170 Å². The van der Waals surface area contributed by atoms with Gasteiger partial charge in [-0.15, -0.1) is 11.3 Å². The molecule has 0 fully saturated rings. The summed E-state index contributed by atoms with van der Waals surface area (Å²) in [5, 5.41) is 6.86. The summed E-state index contributed by atoms with van der Waals surface area (Å²) in [6, 6.07) is 22.3. The number of carbonyl (C=O) groups excluding carboxylic acids is 1. The Morgan fingerprint density at radius 2 is 1.79 bits per heavy atom. The van der Waals surface area contributed by atoms with E-state index in [0.717, 1.165) is 17.1 Å². The second kappa shape index (κ2) is 8.29. The Kier molecular flexibility index (Phi) is 5.41. The summed E-state index contributed by atoms with van der Waals surface area (Å²) in [5.74, 6) is 1.88. The summed E-state index contributed by atoms with van der Waals surface area (Å²) in [6.07, 6.45) is 0. The molecule has 4 aromatic rings. The van der Waals surface area contributed by atoms with Crippen molar-refractivity contribution >= 4 is 28.8 Å². The van der Waals surface area contributed by atoms with Crippen molar-refractivity contribution in [2.24, 2.45) is 0 Å². The molecule has 0 aliphatic carbocycles. The highest BCUT2D eigenvalue weighted by molar-refractivity contribution is 7.17. The molecule has 0 unspecified atom stereocenters. The minimum Gasteiger partial charge on any atom is -0.457 e. The van der Waals surface area contributed by atoms with E-state index < -0.39 is 0 Å². The molecule has 140 valence electrons. The first-order valence-corrected chi connectivity index (χ1v) is 9.69. The molecule has 2 heterocycles. The molecule has 0 atom stereocenters. The van der Waals surface area contributed by atoms with Crippen LogP contribution in [0.25, 0.3) is 11.3 Å². The van der Waals surface area contributed by atoms with Gasteiger partial charge in [-0.05, 0) is 48.5 Å². The molecule has 0 saturated heterocycles. The number of amides is 1. The number of ether oxygens (including phenoxy) is 1. The Hall–Kier alpha value is -3.09. The fourth-order valence-corrected chi connectivity index (χ4v) is 3.50. The van der Waals surface area contributed by atoms with Crippen LogP contribution in [0.5, 0.6) is 11.5 Å². The van der Waals surface area contributed by atoms with E-state index in [1.165, 1.54) is 11.3 Å². The molecule has 1 N–H and O–H groups in total. The molecular formula is C21H15ClN2O3S. The largest absolute Gasteiger partial charge is 0.457 e. The lowest BCUT2D eigenvalue weighted by molar-refractivity contribution is 0.0951. The first-order valence-electron chi connectivity index (χ1n) is 8.50. The lowest BCUT2D eigenvalue weighted by Gasteiger charge is -2.05. The molecule has 0 aliphatic heterocycles. The third kappa shape index (κ3) is 4.42. The van der Waals surface area contributed by atoms with Gasteiger partial charge in [0.2, 0.25) is 0 Å². The highest BCUT2D eigenvalue weighted by atomic mass is 35.5. The molecule has 7 heteroatoms. The van der Waals surface area contributed by atoms with E-state index in [1.54, 1.807) is 18.2 Å². The number of para-hydroxylation sites is 1. The minimum absolute atomic E-state index is 0.197. The number of carbonyl (C=O) groups is 1. The Balaban J connectivity index is 1.37. The van der Waals surface area contributed by atoms with Crippen molar-refractivity contribution in [3.63, 3.8) is 0 Å². The maximum atomic E-state index is 12.1. The molecular weight excluding hydrogens is 396 g/mol. The van der Waals surface area contributed by atoms with Crippen molar-refractivity contribution in [3.05, 3.63) is 87.8 Å². The quantitative estimate of drug-likeness (QED) is 0.437. The van der Waals surface area contributed by atoms with E-state index in [9.17, 15) is 4.79 Å². The van der Waals surface area contributed by atoms with Gasteiger partial charge in [0.15, 0.2) is 5.76 Å². The number of benzene rings is 2. The van der Waals surface area contributed by atoms with Crippen molar-refractivity contribution in [1.29, 1.82) is 0 Å². The van der Waals surface area contributed by atoms with Crippen LogP contribution < -0.4 is 10.1 Å². The molecule has 5 nitrogen and oxygen atoms in total. The Morgan fingerprint density at radius 3 is 2.50 bits per heavy atom. The molecule has 0 radical (unpaired) electrons. The molecule has 0 bridgehead atoms. The number of nitrogens with one attached hydrogen (secondary N) is 1. The predicted octanol–water partition coefficient (Wildman–Crippen LogP) is 5.78. The zero-order valence-corrected chi connectivity index (χ0v) is 16.2. The molecule has 4 rings (SSSR count). The fraction of sp³-hybridized carbons (Fsp3) is 0.0476. The molecule has 2 aromatic heterocycles. The molecule has 0 spiro atoms. The lowest BCUT2D eigenvalue weighted by atomic mass is 10.1. The van der Waals surface area contributed by atoms with Crippen LogP contribution in [0, 0.1) is 0 Å². The Bertz CT molecular complexity index is 1070. The number of aromatic nitrogens is 1. The average molecular weight is 411 g/mol. The van der Waals surface area contributed by atoms with Gasteiger partial charge in [0.05, 0.1) is 15.8 Å². The highest BCUT2D eigenvalue weighted by Gasteiger charge is 2.11. The second-order valence-electron chi connectivity index (χ2n) is 5.90. The van der Waals surface area contributed by atoms with Crippen molar-refractivity contribution in [3.8, 4) is 22.8 Å². The maximum absolute atomic E-state index is 12.1. The molecule has 28 heavy (non-hydrogen) atoms. The predicted molar refractivity (Wildman–Crippen MR) is 109 cm³/mol. The van der Waals surface area contributed by atoms with Gasteiger partial charge in [-0.2, -0.15) is 0 Å². The number of hydrogen-bond donors (Lipinski definition) is 1. The topological polar surface area (TPSA) is 64.4 Å². The summed E-state index contributed by atoms with van der Waals surface area (Å²) in [4.78, 5) is 12.6. The molecule has 2 aromatic carbocycles. The van der Waals surface area contributed by atoms with E-state index in [4.69, 9.17) is 20.9 Å². The van der Waals surface area contributed by atoms with Crippen LogP contribution in [0.3, 0.4) is 0 Å². The third-order valence-corrected chi connectivity index (χ3v) is 5.14. The van der Waals surface area contributed by atoms with E-state index in [-0.39, 0.29) is 12.5 Å². The summed E-state index contributed by atoms with van der Waals surface area (Å²) >= 11 is 7.08. The van der Waals surface area contributed by atoms with Gasteiger partial charge in [0, 0.05) is 11.6 Å². The van der Waals surface area contributed by atoms with Gasteiger partial charge in [-0.1, -0.05) is 35.0 Å². The fourth-order valence-electron chi connectivity index (χ4n) is 2.54. The molecule has 1 amide bonds. The van der Waals surface area contributed by atoms with Crippen LogP contribution in [0.2, 0.25) is 4.34 Å². The standard InChI is InChI=1S/C21H15ClN2O3S/c22-20-11-10-19(28-20)21(25)23-13-17-12-18(24-27-17)14-6-8-16(9-7-14)26-15-4-2-1-3-5-15/h1-12H,13H2,(H,23,25). The van der Waals surface area contributed by atoms with E-state index in [0.29, 0.717) is 20.7 Å². The van der Waals surface area contributed by atoms with Crippen molar-refractivity contribution in [2.75, 3.05) is 0 Å². The van der Waals surface area contributed by atoms with Crippen molar-refractivity contribution in [2.45, 2.75) is 6.54 Å². The number of thiophene rings is 1. The zero-order chi connectivity index (χ0) is 19.3. The summed E-state index contributed by atoms with van der Waals surface area (Å²) < 4.78 is 11.7. The van der Waals surface area contributed by atoms with Crippen LogP contribution in [-0.4, -0.2) is 11.1 Å². The van der Waals surface area contributed by atoms with Gasteiger partial charge in [0.25, 0.3) is 5.91 Å². The molecule has 0 saturated carbocycles. The van der Waals surface area contributed by atoms with Gasteiger partial charge < -0.3 is 14.6 Å². The first-order chi connectivity index (χ1) is 13.7. The van der Waals surface area contributed by atoms with Gasteiger partial charge in [-0.3, -0.25) is 4.79 Å². The summed E-state index contributed by atoms with van der Waals surface area (Å²) in [7, 11) is 0. The van der Waals surface area contributed by atoms with Crippen LogP contribution in [0.15, 0.2) is 77.3 Å². The number of nitrogens with zero attached hydrogens (tertiary/aromatic N) is 1. The number of hydrogen-bond acceptors (Lipinski definition) is 5.